The van der Waals surface area contributed by atoms with E-state index in [9.17, 15) is 28.8 Å². The minimum Gasteiger partial charge on any atom is -0.379 e. The molecule has 5 amide bonds. The molecule has 298 valence electrons. The summed E-state index contributed by atoms with van der Waals surface area (Å²) in [5.74, 6) is -1.65. The maximum absolute atomic E-state index is 13.3. The number of carbonyl (C=O) groups excluding carboxylic acids is 6. The Balaban J connectivity index is 0.809. The molecule has 1 saturated carbocycles. The monoisotopic (exact) mass is 777 g/mol. The Bertz CT molecular complexity index is 2190. The zero-order valence-electron chi connectivity index (χ0n) is 32.3. The smallest absolute Gasteiger partial charge is 0.270 e. The van der Waals surface area contributed by atoms with E-state index >= 15 is 0 Å². The number of nitrogens with one attached hydrogen (secondary N) is 2. The molecule has 2 aromatic carbocycles. The number of nitrogens with zero attached hydrogens (tertiary/aromatic N) is 5. The normalized spacial score (nSPS) is 17.0. The summed E-state index contributed by atoms with van der Waals surface area (Å²) in [6, 6.07) is 13.8. The number of hydrogen-bond donors (Lipinski definition) is 2. The molecule has 1 atom stereocenters. The summed E-state index contributed by atoms with van der Waals surface area (Å²) in [6.45, 7) is 1.36. The van der Waals surface area contributed by atoms with Gasteiger partial charge in [0.2, 0.25) is 17.8 Å². The molecular weight excluding hydrogens is 731 g/mol. The van der Waals surface area contributed by atoms with Crippen molar-refractivity contribution in [2.24, 2.45) is 0 Å². The summed E-state index contributed by atoms with van der Waals surface area (Å²) in [5.41, 5.74) is 4.31. The lowest BCUT2D eigenvalue weighted by atomic mass is 9.99. The number of piperidine rings is 1. The Kier molecular flexibility index (Phi) is 12.1. The first-order valence-corrected chi connectivity index (χ1v) is 19.5. The summed E-state index contributed by atoms with van der Waals surface area (Å²) in [5, 5.41) is 6.30. The molecule has 4 heterocycles. The highest BCUT2D eigenvalue weighted by atomic mass is 16.5. The molecule has 0 radical (unpaired) electrons. The Morgan fingerprint density at radius 1 is 0.930 bits per heavy atom. The second kappa shape index (κ2) is 17.6. The number of Topliss-reactive ketones (excluding diaryl/α,β-unsaturated/α-hetero) is 1. The third-order valence-corrected chi connectivity index (χ3v) is 10.7. The van der Waals surface area contributed by atoms with Crippen molar-refractivity contribution in [2.45, 2.75) is 76.3 Å². The van der Waals surface area contributed by atoms with Crippen LogP contribution in [0.1, 0.15) is 99.7 Å². The number of rotatable bonds is 17. The van der Waals surface area contributed by atoms with Crippen molar-refractivity contribution in [2.75, 3.05) is 45.8 Å². The molecule has 1 unspecified atom stereocenters. The van der Waals surface area contributed by atoms with Gasteiger partial charge in [-0.15, -0.1) is 0 Å². The number of hydrogen-bond acceptors (Lipinski definition) is 11. The summed E-state index contributed by atoms with van der Waals surface area (Å²) in [4.78, 5) is 87.8. The minimum atomic E-state index is -1.00. The summed E-state index contributed by atoms with van der Waals surface area (Å²) < 4.78 is 13.4. The van der Waals surface area contributed by atoms with Crippen LogP contribution in [0.2, 0.25) is 0 Å². The van der Waals surface area contributed by atoms with Crippen molar-refractivity contribution in [3.8, 4) is 0 Å². The number of carbonyl (C=O) groups is 6. The number of fused-ring (bicyclic) bond motifs is 2. The molecule has 2 aliphatic heterocycles. The third kappa shape index (κ3) is 8.79. The van der Waals surface area contributed by atoms with E-state index in [1.165, 1.54) is 0 Å². The highest BCUT2D eigenvalue weighted by Gasteiger charge is 2.45. The lowest BCUT2D eigenvalue weighted by Crippen LogP contribution is -2.54. The lowest BCUT2D eigenvalue weighted by molar-refractivity contribution is -0.136. The van der Waals surface area contributed by atoms with E-state index in [-0.39, 0.29) is 55.6 Å². The topological polar surface area (TPSA) is 182 Å². The quantitative estimate of drug-likeness (QED) is 0.113. The number of ketones is 1. The maximum atomic E-state index is 13.3. The van der Waals surface area contributed by atoms with Crippen LogP contribution in [0.25, 0.3) is 11.0 Å². The molecule has 0 bridgehead atoms. The molecular formula is C42H47N7O8. The molecule has 15 nitrogen and oxygen atoms in total. The Labute approximate surface area is 330 Å². The second-order valence-corrected chi connectivity index (χ2v) is 14.9. The number of anilines is 2. The average Bonchev–Trinajstić information content (AvgIpc) is 3.92. The molecule has 3 aliphatic rings. The van der Waals surface area contributed by atoms with Gasteiger partial charge >= 0.3 is 0 Å². The number of amides is 5. The standard InChI is InChI=1S/C42H47N7O8/c1-47(2)40(54)34-24-28-25-43-42(46-37(28)48(34)30-9-3-4-10-30)44-29-14-12-26(13-15-29)23-31(50)18-20-57-22-21-56-19-6-8-27-7-5-11-32-36(27)41(55)49(39(32)53)33-16-17-35(51)45-38(33)52/h5,7,11-15,24-25,30,33H,3-4,6,8-10,16-23H2,1-2H3,(H,43,44,46)(H,45,51,52). The number of aromatic nitrogens is 3. The highest BCUT2D eigenvalue weighted by molar-refractivity contribution is 6.24. The first kappa shape index (κ1) is 39.4. The molecule has 4 aromatic rings. The van der Waals surface area contributed by atoms with Crippen LogP contribution in [0, 0.1) is 0 Å². The van der Waals surface area contributed by atoms with Crippen molar-refractivity contribution < 1.29 is 38.2 Å². The second-order valence-electron chi connectivity index (χ2n) is 14.9. The number of benzene rings is 2. The fourth-order valence-corrected chi connectivity index (χ4v) is 7.81. The predicted octanol–water partition coefficient (Wildman–Crippen LogP) is 4.56. The van der Waals surface area contributed by atoms with Crippen molar-refractivity contribution in [1.82, 2.24) is 29.7 Å². The van der Waals surface area contributed by atoms with Gasteiger partial charge in [0.25, 0.3) is 17.7 Å². The highest BCUT2D eigenvalue weighted by Crippen LogP contribution is 2.35. The van der Waals surface area contributed by atoms with Crippen molar-refractivity contribution in [3.05, 3.63) is 82.7 Å². The zero-order chi connectivity index (χ0) is 40.1. The average molecular weight is 778 g/mol. The van der Waals surface area contributed by atoms with Gasteiger partial charge in [-0.1, -0.05) is 37.1 Å². The lowest BCUT2D eigenvalue weighted by Gasteiger charge is -2.27. The van der Waals surface area contributed by atoms with Gasteiger partial charge in [-0.05, 0) is 67.5 Å². The van der Waals surface area contributed by atoms with Gasteiger partial charge in [0.15, 0.2) is 0 Å². The van der Waals surface area contributed by atoms with E-state index in [1.54, 1.807) is 43.4 Å². The van der Waals surface area contributed by atoms with Gasteiger partial charge in [0.1, 0.15) is 23.2 Å². The van der Waals surface area contributed by atoms with E-state index in [0.717, 1.165) is 52.9 Å². The molecule has 2 N–H and O–H groups in total. The maximum Gasteiger partial charge on any atom is 0.270 e. The number of ether oxygens (including phenoxy) is 2. The minimum absolute atomic E-state index is 0.0541. The molecule has 0 spiro atoms. The molecule has 57 heavy (non-hydrogen) atoms. The predicted molar refractivity (Wildman–Crippen MR) is 209 cm³/mol. The molecule has 2 aromatic heterocycles. The summed E-state index contributed by atoms with van der Waals surface area (Å²) >= 11 is 0. The van der Waals surface area contributed by atoms with Crippen LogP contribution < -0.4 is 10.6 Å². The van der Waals surface area contributed by atoms with Crippen LogP contribution in [0.5, 0.6) is 0 Å². The first-order chi connectivity index (χ1) is 27.6. The molecule has 1 saturated heterocycles. The van der Waals surface area contributed by atoms with E-state index in [4.69, 9.17) is 14.5 Å². The molecule has 15 heteroatoms. The van der Waals surface area contributed by atoms with Crippen LogP contribution in [0.3, 0.4) is 0 Å². The molecule has 1 aliphatic carbocycles. The van der Waals surface area contributed by atoms with Gasteiger partial charge in [-0.25, -0.2) is 4.98 Å². The number of aryl methyl sites for hydroxylation is 1. The van der Waals surface area contributed by atoms with Crippen LogP contribution >= 0.6 is 0 Å². The Morgan fingerprint density at radius 2 is 1.68 bits per heavy atom. The fourth-order valence-electron chi connectivity index (χ4n) is 7.81. The fraction of sp³-hybridized carbons (Fsp3) is 0.429. The Hall–Kier alpha value is -5.80. The first-order valence-electron chi connectivity index (χ1n) is 19.5. The van der Waals surface area contributed by atoms with Gasteiger partial charge in [0.05, 0.1) is 30.9 Å². The SMILES string of the molecule is CN(C)C(=O)c1cc2cnc(Nc3ccc(CC(=O)CCOCCOCCCc4cccc5c4C(=O)N(C4CCC(=O)NC4=O)C5=O)cc3)nc2n1C1CCCC1. The third-order valence-electron chi connectivity index (χ3n) is 10.7. The largest absolute Gasteiger partial charge is 0.379 e. The van der Waals surface area contributed by atoms with Crippen LogP contribution in [-0.4, -0.2) is 106 Å². The van der Waals surface area contributed by atoms with E-state index in [1.807, 2.05) is 30.3 Å². The van der Waals surface area contributed by atoms with Gasteiger partial charge < -0.3 is 24.3 Å². The van der Waals surface area contributed by atoms with Gasteiger partial charge in [0, 0.05) is 63.3 Å². The summed E-state index contributed by atoms with van der Waals surface area (Å²) in [7, 11) is 3.51. The van der Waals surface area contributed by atoms with Crippen molar-refractivity contribution in [1.29, 1.82) is 0 Å². The Morgan fingerprint density at radius 3 is 2.42 bits per heavy atom. The van der Waals surface area contributed by atoms with E-state index < -0.39 is 29.7 Å². The van der Waals surface area contributed by atoms with Gasteiger partial charge in [-0.2, -0.15) is 4.98 Å². The molecule has 2 fully saturated rings. The van der Waals surface area contributed by atoms with E-state index in [2.05, 4.69) is 20.2 Å². The van der Waals surface area contributed by atoms with Crippen LogP contribution in [0.15, 0.2) is 54.7 Å². The summed E-state index contributed by atoms with van der Waals surface area (Å²) in [6.07, 6.45) is 7.85. The van der Waals surface area contributed by atoms with E-state index in [0.29, 0.717) is 55.4 Å². The van der Waals surface area contributed by atoms with Crippen LogP contribution in [0.4, 0.5) is 11.6 Å². The zero-order valence-corrected chi connectivity index (χ0v) is 32.3. The van der Waals surface area contributed by atoms with Crippen LogP contribution in [-0.2, 0) is 36.7 Å². The van der Waals surface area contributed by atoms with Crippen molar-refractivity contribution in [3.63, 3.8) is 0 Å². The van der Waals surface area contributed by atoms with Crippen molar-refractivity contribution >= 4 is 58.0 Å². The number of imide groups is 2. The van der Waals surface area contributed by atoms with Gasteiger partial charge in [-0.3, -0.25) is 39.0 Å². The molecule has 7 rings (SSSR count).